The Morgan fingerprint density at radius 3 is 2.29 bits per heavy atom. The smallest absolute Gasteiger partial charge is 0.407 e. The highest BCUT2D eigenvalue weighted by Crippen LogP contribution is 2.47. The number of amides is 1. The van der Waals surface area contributed by atoms with E-state index in [1.165, 1.54) is 0 Å². The number of ketones is 1. The largest absolute Gasteiger partial charge is 0.444 e. The van der Waals surface area contributed by atoms with Crippen LogP contribution in [0.15, 0.2) is 5.11 Å². The second-order valence-corrected chi connectivity index (χ2v) is 8.11. The molecule has 0 atom stereocenters. The molecule has 0 radical (unpaired) electrons. The van der Waals surface area contributed by atoms with Crippen LogP contribution in [0.5, 0.6) is 0 Å². The molecule has 1 rings (SSSR count). The van der Waals surface area contributed by atoms with E-state index in [0.29, 0.717) is 6.54 Å². The fourth-order valence-electron chi connectivity index (χ4n) is 3.20. The SMILES string of the molecule is CC[C@]1(C(=O)CN=[N+]=[N-])CC[C@@](C)(CNC(=O)OC(C)(C)C)CC1. The lowest BCUT2D eigenvalue weighted by atomic mass is 9.61. The van der Waals surface area contributed by atoms with E-state index < -0.39 is 11.7 Å². The first kappa shape index (κ1) is 20.3. The number of carbonyl (C=O) groups excluding carboxylic acids is 2. The number of nitrogens with one attached hydrogen (secondary N) is 1. The molecule has 0 aromatic carbocycles. The number of alkyl carbamates (subject to hydrolysis) is 1. The zero-order chi connectivity index (χ0) is 18.4. The van der Waals surface area contributed by atoms with Gasteiger partial charge in [0.2, 0.25) is 0 Å². The van der Waals surface area contributed by atoms with Gasteiger partial charge in [-0.05, 0) is 63.8 Å². The van der Waals surface area contributed by atoms with Crippen molar-refractivity contribution in [3.05, 3.63) is 10.4 Å². The van der Waals surface area contributed by atoms with Crippen LogP contribution >= 0.6 is 0 Å². The van der Waals surface area contributed by atoms with Gasteiger partial charge in [0.25, 0.3) is 0 Å². The molecule has 0 spiro atoms. The fourth-order valence-corrected chi connectivity index (χ4v) is 3.20. The van der Waals surface area contributed by atoms with Gasteiger partial charge in [-0.2, -0.15) is 0 Å². The quantitative estimate of drug-likeness (QED) is 0.441. The van der Waals surface area contributed by atoms with Crippen LogP contribution in [0.3, 0.4) is 0 Å². The van der Waals surface area contributed by atoms with E-state index in [1.54, 1.807) is 0 Å². The Labute approximate surface area is 144 Å². The average Bonchev–Trinajstić information content (AvgIpc) is 2.50. The van der Waals surface area contributed by atoms with Gasteiger partial charge in [0.15, 0.2) is 0 Å². The molecule has 1 amide bonds. The van der Waals surface area contributed by atoms with E-state index in [-0.39, 0.29) is 23.2 Å². The van der Waals surface area contributed by atoms with Gasteiger partial charge in [0.1, 0.15) is 11.4 Å². The van der Waals surface area contributed by atoms with Crippen LogP contribution in [-0.4, -0.2) is 30.6 Å². The zero-order valence-electron chi connectivity index (χ0n) is 15.5. The number of hydrogen-bond acceptors (Lipinski definition) is 4. The van der Waals surface area contributed by atoms with Gasteiger partial charge in [-0.1, -0.05) is 19.0 Å². The maximum absolute atomic E-state index is 12.4. The van der Waals surface area contributed by atoms with Crippen LogP contribution in [0.1, 0.15) is 66.7 Å². The topological polar surface area (TPSA) is 104 Å². The molecule has 0 saturated heterocycles. The lowest BCUT2D eigenvalue weighted by molar-refractivity contribution is -0.130. The average molecular weight is 338 g/mol. The Morgan fingerprint density at radius 1 is 1.25 bits per heavy atom. The van der Waals surface area contributed by atoms with Crippen molar-refractivity contribution in [1.82, 2.24) is 5.32 Å². The Bertz CT molecular complexity index is 510. The molecule has 1 aliphatic rings. The van der Waals surface area contributed by atoms with Gasteiger partial charge in [0, 0.05) is 16.9 Å². The summed E-state index contributed by atoms with van der Waals surface area (Å²) in [6.45, 7) is 10.1. The highest BCUT2D eigenvalue weighted by Gasteiger charge is 2.43. The number of rotatable bonds is 6. The predicted molar refractivity (Wildman–Crippen MR) is 92.6 cm³/mol. The van der Waals surface area contributed by atoms with Gasteiger partial charge >= 0.3 is 6.09 Å². The zero-order valence-corrected chi connectivity index (χ0v) is 15.5. The Morgan fingerprint density at radius 2 is 1.83 bits per heavy atom. The maximum Gasteiger partial charge on any atom is 0.407 e. The molecule has 7 heteroatoms. The summed E-state index contributed by atoms with van der Waals surface area (Å²) in [5, 5.41) is 6.27. The van der Waals surface area contributed by atoms with Crippen molar-refractivity contribution in [3.8, 4) is 0 Å². The van der Waals surface area contributed by atoms with E-state index in [2.05, 4.69) is 22.3 Å². The first-order valence-electron chi connectivity index (χ1n) is 8.57. The lowest BCUT2D eigenvalue weighted by Crippen LogP contribution is -2.44. The van der Waals surface area contributed by atoms with Gasteiger partial charge < -0.3 is 10.1 Å². The molecular weight excluding hydrogens is 308 g/mol. The summed E-state index contributed by atoms with van der Waals surface area (Å²) in [5.41, 5.74) is 7.46. The molecule has 7 nitrogen and oxygen atoms in total. The van der Waals surface area contributed by atoms with E-state index in [4.69, 9.17) is 10.3 Å². The lowest BCUT2D eigenvalue weighted by Gasteiger charge is -2.43. The van der Waals surface area contributed by atoms with Crippen LogP contribution in [0, 0.1) is 10.8 Å². The molecule has 1 saturated carbocycles. The summed E-state index contributed by atoms with van der Waals surface area (Å²) in [5.74, 6) is 0.0324. The standard InChI is InChI=1S/C17H30N4O3/c1-6-17(13(22)11-20-21-18)9-7-16(5,8-10-17)12-19-14(23)24-15(2,3)4/h6-12H2,1-5H3,(H,19,23)/t16-,17+. The fraction of sp³-hybridized carbons (Fsp3) is 0.882. The summed E-state index contributed by atoms with van der Waals surface area (Å²) in [6.07, 6.45) is 3.56. The Kier molecular flexibility index (Phi) is 6.67. The number of hydrogen-bond donors (Lipinski definition) is 1. The van der Waals surface area contributed by atoms with Crippen LogP contribution < -0.4 is 5.32 Å². The minimum atomic E-state index is -0.511. The second kappa shape index (κ2) is 7.88. The molecule has 0 unspecified atom stereocenters. The summed E-state index contributed by atoms with van der Waals surface area (Å²) in [6, 6.07) is 0. The minimum Gasteiger partial charge on any atom is -0.444 e. The van der Waals surface area contributed by atoms with Crippen LogP contribution in [0.25, 0.3) is 10.4 Å². The van der Waals surface area contributed by atoms with Crippen molar-refractivity contribution >= 4 is 11.9 Å². The molecular formula is C17H30N4O3. The number of Topliss-reactive ketones (excluding diaryl/α,β-unsaturated/α-hetero) is 1. The van der Waals surface area contributed by atoms with Crippen molar-refractivity contribution < 1.29 is 14.3 Å². The number of azide groups is 1. The van der Waals surface area contributed by atoms with E-state index in [9.17, 15) is 9.59 Å². The van der Waals surface area contributed by atoms with Crippen molar-refractivity contribution in [2.24, 2.45) is 15.9 Å². The molecule has 1 aliphatic carbocycles. The van der Waals surface area contributed by atoms with Gasteiger partial charge in [0.05, 0.1) is 6.54 Å². The van der Waals surface area contributed by atoms with Crippen LogP contribution in [0.4, 0.5) is 4.79 Å². The highest BCUT2D eigenvalue weighted by molar-refractivity contribution is 5.86. The summed E-state index contributed by atoms with van der Waals surface area (Å²) >= 11 is 0. The molecule has 0 heterocycles. The molecule has 0 aliphatic heterocycles. The Balaban J connectivity index is 2.59. The van der Waals surface area contributed by atoms with Gasteiger partial charge in [-0.25, -0.2) is 4.79 Å². The van der Waals surface area contributed by atoms with Gasteiger partial charge in [-0.15, -0.1) is 0 Å². The van der Waals surface area contributed by atoms with E-state index >= 15 is 0 Å². The number of ether oxygens (including phenoxy) is 1. The van der Waals surface area contributed by atoms with E-state index in [1.807, 2.05) is 27.7 Å². The molecule has 1 N–H and O–H groups in total. The van der Waals surface area contributed by atoms with E-state index in [0.717, 1.165) is 32.1 Å². The first-order chi connectivity index (χ1) is 11.1. The monoisotopic (exact) mass is 338 g/mol. The molecule has 136 valence electrons. The molecule has 0 aromatic rings. The third-order valence-corrected chi connectivity index (χ3v) is 5.02. The van der Waals surface area contributed by atoms with Crippen molar-refractivity contribution in [3.63, 3.8) is 0 Å². The predicted octanol–water partition coefficient (Wildman–Crippen LogP) is 4.37. The maximum atomic E-state index is 12.4. The van der Waals surface area contributed by atoms with Crippen LogP contribution in [0.2, 0.25) is 0 Å². The molecule has 1 fully saturated rings. The van der Waals surface area contributed by atoms with Gasteiger partial charge in [-0.3, -0.25) is 4.79 Å². The normalized spacial score (nSPS) is 27.0. The third kappa shape index (κ3) is 5.71. The summed E-state index contributed by atoms with van der Waals surface area (Å²) in [4.78, 5) is 26.9. The minimum absolute atomic E-state index is 0.0324. The first-order valence-corrected chi connectivity index (χ1v) is 8.57. The molecule has 0 aromatic heterocycles. The van der Waals surface area contributed by atoms with Crippen molar-refractivity contribution in [2.75, 3.05) is 13.1 Å². The molecule has 0 bridgehead atoms. The third-order valence-electron chi connectivity index (χ3n) is 5.02. The van der Waals surface area contributed by atoms with Crippen LogP contribution in [-0.2, 0) is 9.53 Å². The second-order valence-electron chi connectivity index (χ2n) is 8.11. The van der Waals surface area contributed by atoms with Crippen molar-refractivity contribution in [2.45, 2.75) is 72.3 Å². The molecule has 24 heavy (non-hydrogen) atoms. The summed E-state index contributed by atoms with van der Waals surface area (Å²) < 4.78 is 5.27. The van der Waals surface area contributed by atoms with Crippen molar-refractivity contribution in [1.29, 1.82) is 0 Å². The highest BCUT2D eigenvalue weighted by atomic mass is 16.6. The number of carbonyl (C=O) groups is 2. The summed E-state index contributed by atoms with van der Waals surface area (Å²) in [7, 11) is 0. The number of nitrogens with zero attached hydrogens (tertiary/aromatic N) is 3. The Hall–Kier alpha value is -1.75.